The fraction of sp³-hybridized carbons (Fsp3) is 0.286. The number of H-pyrrole nitrogens is 1. The molecule has 0 unspecified atom stereocenters. The van der Waals surface area contributed by atoms with Crippen molar-refractivity contribution < 1.29 is 4.39 Å². The van der Waals surface area contributed by atoms with Gasteiger partial charge in [-0.15, -0.1) is 0 Å². The number of hydrogen-bond donors (Lipinski definition) is 2. The molecule has 1 aromatic rings. The van der Waals surface area contributed by atoms with Crippen LogP contribution >= 0.6 is 0 Å². The van der Waals surface area contributed by atoms with Crippen LogP contribution in [-0.2, 0) is 6.54 Å². The average molecular weight is 156 g/mol. The van der Waals surface area contributed by atoms with Gasteiger partial charge in [0.2, 0.25) is 0 Å². The van der Waals surface area contributed by atoms with Crippen LogP contribution in [0, 0.1) is 12.7 Å². The number of nitrogens with two attached hydrogens (primary N) is 1. The van der Waals surface area contributed by atoms with Gasteiger partial charge in [-0.3, -0.25) is 4.79 Å². The molecule has 0 saturated heterocycles. The van der Waals surface area contributed by atoms with Crippen molar-refractivity contribution in [1.82, 2.24) is 4.98 Å². The maximum Gasteiger partial charge on any atom is 0.252 e. The van der Waals surface area contributed by atoms with Crippen molar-refractivity contribution >= 4 is 0 Å². The molecule has 1 aromatic heterocycles. The van der Waals surface area contributed by atoms with Crippen LogP contribution < -0.4 is 11.3 Å². The molecular formula is C7H9FN2O. The topological polar surface area (TPSA) is 58.9 Å². The minimum Gasteiger partial charge on any atom is -0.326 e. The minimum atomic E-state index is -0.426. The molecule has 3 N–H and O–H groups in total. The molecule has 0 aliphatic heterocycles. The van der Waals surface area contributed by atoms with Crippen molar-refractivity contribution in [1.29, 1.82) is 0 Å². The van der Waals surface area contributed by atoms with Crippen molar-refractivity contribution in [3.05, 3.63) is 33.5 Å². The number of hydrogen-bond acceptors (Lipinski definition) is 2. The number of aromatic amines is 1. The molecule has 4 heteroatoms. The second-order valence-corrected chi connectivity index (χ2v) is 2.30. The Kier molecular flexibility index (Phi) is 2.05. The monoisotopic (exact) mass is 156 g/mol. The second kappa shape index (κ2) is 2.84. The van der Waals surface area contributed by atoms with Gasteiger partial charge < -0.3 is 10.7 Å². The number of aryl methyl sites for hydroxylation is 1. The Hall–Kier alpha value is -1.16. The van der Waals surface area contributed by atoms with Gasteiger partial charge in [0.1, 0.15) is 5.82 Å². The minimum absolute atomic E-state index is 0.0620. The molecule has 60 valence electrons. The third-order valence-corrected chi connectivity index (χ3v) is 1.47. The van der Waals surface area contributed by atoms with Crippen LogP contribution in [0.5, 0.6) is 0 Å². The van der Waals surface area contributed by atoms with E-state index in [1.165, 1.54) is 6.92 Å². The predicted molar refractivity (Wildman–Crippen MR) is 39.6 cm³/mol. The Balaban J connectivity index is 3.32. The van der Waals surface area contributed by atoms with E-state index in [0.717, 1.165) is 6.07 Å². The number of nitrogens with one attached hydrogen (secondary N) is 1. The summed E-state index contributed by atoms with van der Waals surface area (Å²) in [5.74, 6) is -0.426. The van der Waals surface area contributed by atoms with E-state index in [4.69, 9.17) is 5.73 Å². The highest BCUT2D eigenvalue weighted by atomic mass is 19.1. The summed E-state index contributed by atoms with van der Waals surface area (Å²) in [6.07, 6.45) is 0. The van der Waals surface area contributed by atoms with Crippen LogP contribution in [0.2, 0.25) is 0 Å². The normalized spacial score (nSPS) is 10.1. The van der Waals surface area contributed by atoms with Crippen LogP contribution in [0.15, 0.2) is 10.9 Å². The molecule has 1 heterocycles. The second-order valence-electron chi connectivity index (χ2n) is 2.30. The van der Waals surface area contributed by atoms with Gasteiger partial charge in [0.25, 0.3) is 5.56 Å². The van der Waals surface area contributed by atoms with E-state index in [-0.39, 0.29) is 23.4 Å². The maximum atomic E-state index is 12.7. The van der Waals surface area contributed by atoms with E-state index in [9.17, 15) is 9.18 Å². The lowest BCUT2D eigenvalue weighted by atomic mass is 10.2. The Labute approximate surface area is 63.0 Å². The molecule has 0 radical (unpaired) electrons. The third-order valence-electron chi connectivity index (χ3n) is 1.47. The lowest BCUT2D eigenvalue weighted by molar-refractivity contribution is 0.604. The SMILES string of the molecule is Cc1[nH]c(=O)c(CN)cc1F. The van der Waals surface area contributed by atoms with Crippen molar-refractivity contribution in [2.75, 3.05) is 0 Å². The van der Waals surface area contributed by atoms with E-state index in [2.05, 4.69) is 4.98 Å². The molecule has 0 bridgehead atoms. The lowest BCUT2D eigenvalue weighted by Crippen LogP contribution is -2.17. The quantitative estimate of drug-likeness (QED) is 0.613. The first-order valence-corrected chi connectivity index (χ1v) is 3.23. The fourth-order valence-electron chi connectivity index (χ4n) is 0.789. The van der Waals surface area contributed by atoms with E-state index < -0.39 is 5.82 Å². The van der Waals surface area contributed by atoms with Gasteiger partial charge in [0.15, 0.2) is 0 Å². The zero-order valence-electron chi connectivity index (χ0n) is 6.15. The molecule has 0 fully saturated rings. The van der Waals surface area contributed by atoms with Gasteiger partial charge in [-0.2, -0.15) is 0 Å². The fourth-order valence-corrected chi connectivity index (χ4v) is 0.789. The van der Waals surface area contributed by atoms with Crippen LogP contribution in [0.4, 0.5) is 4.39 Å². The number of pyridine rings is 1. The lowest BCUT2D eigenvalue weighted by Gasteiger charge is -1.98. The van der Waals surface area contributed by atoms with Gasteiger partial charge in [-0.1, -0.05) is 0 Å². The van der Waals surface area contributed by atoms with Gasteiger partial charge >= 0.3 is 0 Å². The summed E-state index contributed by atoms with van der Waals surface area (Å²) >= 11 is 0. The van der Waals surface area contributed by atoms with Gasteiger partial charge in [0, 0.05) is 12.1 Å². The van der Waals surface area contributed by atoms with Crippen LogP contribution in [0.1, 0.15) is 11.3 Å². The molecule has 0 aliphatic rings. The highest BCUT2D eigenvalue weighted by molar-refractivity contribution is 5.15. The summed E-state index contributed by atoms with van der Waals surface area (Å²) in [7, 11) is 0. The standard InChI is InChI=1S/C7H9FN2O/c1-4-6(8)2-5(3-9)7(11)10-4/h2H,3,9H2,1H3,(H,10,11). The maximum absolute atomic E-state index is 12.7. The summed E-state index contributed by atoms with van der Waals surface area (Å²) in [6.45, 7) is 1.56. The Morgan fingerprint density at radius 1 is 1.73 bits per heavy atom. The Morgan fingerprint density at radius 3 is 2.91 bits per heavy atom. The van der Waals surface area contributed by atoms with Crippen molar-refractivity contribution in [2.24, 2.45) is 5.73 Å². The molecule has 1 rings (SSSR count). The largest absolute Gasteiger partial charge is 0.326 e. The highest BCUT2D eigenvalue weighted by Crippen LogP contribution is 2.00. The molecule has 0 atom stereocenters. The number of aromatic nitrogens is 1. The Morgan fingerprint density at radius 2 is 2.36 bits per heavy atom. The molecule has 0 amide bonds. The van der Waals surface area contributed by atoms with Crippen LogP contribution in [0.3, 0.4) is 0 Å². The third kappa shape index (κ3) is 1.46. The van der Waals surface area contributed by atoms with E-state index in [0.29, 0.717) is 0 Å². The highest BCUT2D eigenvalue weighted by Gasteiger charge is 2.02. The smallest absolute Gasteiger partial charge is 0.252 e. The molecule has 0 spiro atoms. The molecular weight excluding hydrogens is 147 g/mol. The Bertz CT molecular complexity index is 319. The summed E-state index contributed by atoms with van der Waals surface area (Å²) in [6, 6.07) is 1.16. The zero-order valence-corrected chi connectivity index (χ0v) is 6.15. The van der Waals surface area contributed by atoms with E-state index >= 15 is 0 Å². The van der Waals surface area contributed by atoms with Gasteiger partial charge in [0.05, 0.1) is 5.69 Å². The summed E-state index contributed by atoms with van der Waals surface area (Å²) in [5.41, 5.74) is 5.38. The summed E-state index contributed by atoms with van der Waals surface area (Å²) in [4.78, 5) is 13.3. The van der Waals surface area contributed by atoms with E-state index in [1.807, 2.05) is 0 Å². The van der Waals surface area contributed by atoms with Gasteiger partial charge in [-0.05, 0) is 13.0 Å². The van der Waals surface area contributed by atoms with Crippen LogP contribution in [-0.4, -0.2) is 4.98 Å². The summed E-state index contributed by atoms with van der Waals surface area (Å²) in [5, 5.41) is 0. The molecule has 0 aromatic carbocycles. The van der Waals surface area contributed by atoms with Crippen molar-refractivity contribution in [3.8, 4) is 0 Å². The molecule has 0 aliphatic carbocycles. The van der Waals surface area contributed by atoms with Gasteiger partial charge in [-0.25, -0.2) is 4.39 Å². The predicted octanol–water partition coefficient (Wildman–Crippen LogP) is 0.281. The first-order chi connectivity index (χ1) is 5.15. The number of halogens is 1. The van der Waals surface area contributed by atoms with Crippen molar-refractivity contribution in [2.45, 2.75) is 13.5 Å². The molecule has 0 saturated carbocycles. The van der Waals surface area contributed by atoms with Crippen LogP contribution in [0.25, 0.3) is 0 Å². The summed E-state index contributed by atoms with van der Waals surface area (Å²) < 4.78 is 12.7. The first kappa shape index (κ1) is 7.94. The average Bonchev–Trinajstić information content (AvgIpc) is 1.97. The van der Waals surface area contributed by atoms with Crippen molar-refractivity contribution in [3.63, 3.8) is 0 Å². The van der Waals surface area contributed by atoms with E-state index in [1.54, 1.807) is 0 Å². The number of rotatable bonds is 1. The molecule has 11 heavy (non-hydrogen) atoms. The first-order valence-electron chi connectivity index (χ1n) is 3.23. The molecule has 3 nitrogen and oxygen atoms in total. The zero-order chi connectivity index (χ0) is 8.43.